The van der Waals surface area contributed by atoms with Crippen molar-refractivity contribution in [1.82, 2.24) is 5.16 Å². The molecule has 5 heteroatoms. The minimum atomic E-state index is 0.191. The van der Waals surface area contributed by atoms with Gasteiger partial charge in [0.05, 0.1) is 0 Å². The number of halogens is 2. The lowest BCUT2D eigenvalue weighted by Gasteiger charge is -1.95. The molecule has 0 radical (unpaired) electrons. The van der Waals surface area contributed by atoms with E-state index in [1.165, 1.54) is 0 Å². The summed E-state index contributed by atoms with van der Waals surface area (Å²) in [7, 11) is 0. The number of anilines is 1. The summed E-state index contributed by atoms with van der Waals surface area (Å²) in [6.45, 7) is 0. The first-order chi connectivity index (χ1) is 6.68. The second-order valence-electron chi connectivity index (χ2n) is 2.72. The van der Waals surface area contributed by atoms with Crippen molar-refractivity contribution < 1.29 is 4.52 Å². The fraction of sp³-hybridized carbons (Fsp3) is 0. The predicted molar refractivity (Wildman–Crippen MR) is 56.4 cm³/mol. The Balaban J connectivity index is 2.49. The molecule has 0 spiro atoms. The predicted octanol–water partition coefficient (Wildman–Crippen LogP) is 3.23. The Kier molecular flexibility index (Phi) is 2.35. The number of rotatable bonds is 1. The zero-order valence-electron chi connectivity index (χ0n) is 7.00. The van der Waals surface area contributed by atoms with Gasteiger partial charge >= 0.3 is 0 Å². The quantitative estimate of drug-likeness (QED) is 0.816. The third-order valence-electron chi connectivity index (χ3n) is 1.77. The van der Waals surface area contributed by atoms with Crippen molar-refractivity contribution in [2.75, 3.05) is 5.73 Å². The van der Waals surface area contributed by atoms with Crippen LogP contribution in [0.4, 0.5) is 5.82 Å². The van der Waals surface area contributed by atoms with Gasteiger partial charge < -0.3 is 10.3 Å². The zero-order chi connectivity index (χ0) is 10.1. The van der Waals surface area contributed by atoms with E-state index in [9.17, 15) is 0 Å². The topological polar surface area (TPSA) is 52.0 Å². The van der Waals surface area contributed by atoms with E-state index < -0.39 is 0 Å². The second-order valence-corrected chi connectivity index (χ2v) is 3.53. The number of benzene rings is 1. The highest BCUT2D eigenvalue weighted by atomic mass is 35.5. The highest BCUT2D eigenvalue weighted by molar-refractivity contribution is 6.35. The van der Waals surface area contributed by atoms with E-state index in [4.69, 9.17) is 33.5 Å². The Morgan fingerprint density at radius 3 is 2.29 bits per heavy atom. The molecule has 0 aliphatic carbocycles. The summed E-state index contributed by atoms with van der Waals surface area (Å²) in [6, 6.07) is 7.06. The second kappa shape index (κ2) is 3.52. The maximum Gasteiger partial charge on any atom is 0.187 e. The van der Waals surface area contributed by atoms with Gasteiger partial charge in [-0.1, -0.05) is 28.4 Å². The summed E-state index contributed by atoms with van der Waals surface area (Å²) >= 11 is 11.6. The molecule has 0 unspecified atom stereocenters. The molecule has 0 saturated heterocycles. The molecule has 3 nitrogen and oxygen atoms in total. The first-order valence-corrected chi connectivity index (χ1v) is 4.60. The molecule has 2 rings (SSSR count). The van der Waals surface area contributed by atoms with Crippen molar-refractivity contribution in [3.63, 3.8) is 0 Å². The molecule has 2 aromatic rings. The number of aromatic nitrogens is 1. The number of hydrogen-bond donors (Lipinski definition) is 1. The lowest BCUT2D eigenvalue weighted by atomic mass is 10.2. The van der Waals surface area contributed by atoms with Gasteiger partial charge in [-0.05, 0) is 24.3 Å². The molecule has 0 aliphatic rings. The van der Waals surface area contributed by atoms with E-state index in [0.717, 1.165) is 5.56 Å². The number of nitrogens with zero attached hydrogens (tertiary/aromatic N) is 1. The van der Waals surface area contributed by atoms with Crippen LogP contribution in [0.15, 0.2) is 28.8 Å². The van der Waals surface area contributed by atoms with Crippen LogP contribution in [0.1, 0.15) is 0 Å². The Morgan fingerprint density at radius 2 is 1.79 bits per heavy atom. The molecule has 1 aromatic carbocycles. The highest BCUT2D eigenvalue weighted by Crippen LogP contribution is 2.32. The molecule has 0 aliphatic heterocycles. The lowest BCUT2D eigenvalue weighted by Crippen LogP contribution is -1.82. The normalized spacial score (nSPS) is 10.4. The third-order valence-corrected chi connectivity index (χ3v) is 2.38. The van der Waals surface area contributed by atoms with E-state index in [2.05, 4.69) is 5.16 Å². The maximum absolute atomic E-state index is 5.87. The summed E-state index contributed by atoms with van der Waals surface area (Å²) in [5.41, 5.74) is 6.24. The van der Waals surface area contributed by atoms with Crippen molar-refractivity contribution >= 4 is 29.0 Å². The average molecular weight is 229 g/mol. The summed E-state index contributed by atoms with van der Waals surface area (Å²) in [5.74, 6) is 0.650. The molecule has 0 atom stereocenters. The minimum absolute atomic E-state index is 0.191. The molecular formula is C9H6Cl2N2O. The van der Waals surface area contributed by atoms with E-state index in [1.54, 1.807) is 24.3 Å². The molecule has 1 aromatic heterocycles. The molecule has 14 heavy (non-hydrogen) atoms. The van der Waals surface area contributed by atoms with Crippen LogP contribution in [0.25, 0.3) is 11.3 Å². The van der Waals surface area contributed by atoms with Gasteiger partial charge in [-0.25, -0.2) is 0 Å². The maximum atomic E-state index is 5.87. The summed E-state index contributed by atoms with van der Waals surface area (Å²) < 4.78 is 4.97. The van der Waals surface area contributed by atoms with Crippen molar-refractivity contribution in [2.45, 2.75) is 0 Å². The lowest BCUT2D eigenvalue weighted by molar-refractivity contribution is 0.436. The summed E-state index contributed by atoms with van der Waals surface area (Å²) in [5, 5.41) is 4.53. The molecule has 0 bridgehead atoms. The van der Waals surface area contributed by atoms with Crippen LogP contribution in [-0.4, -0.2) is 5.16 Å². The van der Waals surface area contributed by atoms with E-state index >= 15 is 0 Å². The minimum Gasteiger partial charge on any atom is -0.380 e. The van der Waals surface area contributed by atoms with Crippen molar-refractivity contribution in [3.8, 4) is 11.3 Å². The van der Waals surface area contributed by atoms with E-state index in [0.29, 0.717) is 15.8 Å². The van der Waals surface area contributed by atoms with Crippen molar-refractivity contribution in [3.05, 3.63) is 34.3 Å². The van der Waals surface area contributed by atoms with Gasteiger partial charge in [0, 0.05) is 10.6 Å². The van der Waals surface area contributed by atoms with Gasteiger partial charge in [0.25, 0.3) is 0 Å². The fourth-order valence-electron chi connectivity index (χ4n) is 1.07. The van der Waals surface area contributed by atoms with Gasteiger partial charge in [-0.3, -0.25) is 0 Å². The Labute approximate surface area is 90.4 Å². The van der Waals surface area contributed by atoms with Gasteiger partial charge in [0.1, 0.15) is 5.02 Å². The van der Waals surface area contributed by atoms with E-state index in [1.807, 2.05) is 0 Å². The van der Waals surface area contributed by atoms with Gasteiger partial charge in [0.2, 0.25) is 0 Å². The molecule has 1 heterocycles. The summed E-state index contributed by atoms with van der Waals surface area (Å²) in [4.78, 5) is 0. The summed E-state index contributed by atoms with van der Waals surface area (Å²) in [6.07, 6.45) is 0. The smallest absolute Gasteiger partial charge is 0.187 e. The number of nitrogens with two attached hydrogens (primary N) is 1. The Bertz CT molecular complexity index is 450. The number of hydrogen-bond acceptors (Lipinski definition) is 3. The Hall–Kier alpha value is -1.19. The fourth-order valence-corrected chi connectivity index (χ4v) is 1.38. The Morgan fingerprint density at radius 1 is 1.14 bits per heavy atom. The standard InChI is InChI=1S/C9H6Cl2N2O/c10-6-3-1-5(2-4-6)8-7(11)9(12)13-14-8/h1-4H,(H2,12,13). The molecule has 0 fully saturated rings. The zero-order valence-corrected chi connectivity index (χ0v) is 8.51. The molecule has 72 valence electrons. The van der Waals surface area contributed by atoms with Crippen LogP contribution in [0.2, 0.25) is 10.0 Å². The monoisotopic (exact) mass is 228 g/mol. The van der Waals surface area contributed by atoms with Gasteiger partial charge in [-0.2, -0.15) is 0 Å². The van der Waals surface area contributed by atoms with Crippen LogP contribution in [0.5, 0.6) is 0 Å². The van der Waals surface area contributed by atoms with Crippen molar-refractivity contribution in [2.24, 2.45) is 0 Å². The van der Waals surface area contributed by atoms with E-state index in [-0.39, 0.29) is 5.82 Å². The van der Waals surface area contributed by atoms with Crippen LogP contribution in [0.3, 0.4) is 0 Å². The van der Waals surface area contributed by atoms with Gasteiger partial charge in [-0.15, -0.1) is 0 Å². The average Bonchev–Trinajstić information content (AvgIpc) is 2.50. The first-order valence-electron chi connectivity index (χ1n) is 3.85. The van der Waals surface area contributed by atoms with Crippen LogP contribution in [-0.2, 0) is 0 Å². The SMILES string of the molecule is Nc1noc(-c2ccc(Cl)cc2)c1Cl. The van der Waals surface area contributed by atoms with Crippen molar-refractivity contribution in [1.29, 1.82) is 0 Å². The van der Waals surface area contributed by atoms with Crippen LogP contribution >= 0.6 is 23.2 Å². The molecule has 2 N–H and O–H groups in total. The molecular weight excluding hydrogens is 223 g/mol. The third kappa shape index (κ3) is 1.56. The molecule has 0 saturated carbocycles. The molecule has 0 amide bonds. The first kappa shape index (κ1) is 9.37. The number of nitrogen functional groups attached to an aromatic ring is 1. The van der Waals surface area contributed by atoms with Gasteiger partial charge in [0.15, 0.2) is 11.6 Å². The van der Waals surface area contributed by atoms with Crippen LogP contribution < -0.4 is 5.73 Å². The largest absolute Gasteiger partial charge is 0.380 e. The van der Waals surface area contributed by atoms with Crippen LogP contribution in [0, 0.1) is 0 Å². The highest BCUT2D eigenvalue weighted by Gasteiger charge is 2.12.